The number of nitrogens with one attached hydrogen (secondary N) is 2. The lowest BCUT2D eigenvalue weighted by Gasteiger charge is -2.11. The van der Waals surface area contributed by atoms with E-state index in [0.717, 1.165) is 11.8 Å². The molecule has 0 saturated carbocycles. The van der Waals surface area contributed by atoms with Gasteiger partial charge in [0.05, 0.1) is 22.7 Å². The number of phenolic OH excluding ortho intramolecular Hbond substituents is 1. The first-order chi connectivity index (χ1) is 9.83. The predicted octanol–water partition coefficient (Wildman–Crippen LogP) is 3.03. The Morgan fingerprint density at radius 1 is 1.14 bits per heavy atom. The van der Waals surface area contributed by atoms with Gasteiger partial charge in [-0.1, -0.05) is 23.7 Å². The molecule has 5 nitrogen and oxygen atoms in total. The minimum Gasteiger partial charge on any atom is -0.508 e. The molecule has 0 amide bonds. The minimum atomic E-state index is -3.33. The molecule has 2 rings (SSSR count). The molecule has 0 aliphatic rings. The number of halogens is 1. The monoisotopic (exact) mass is 326 g/mol. The van der Waals surface area contributed by atoms with Gasteiger partial charge in [-0.2, -0.15) is 0 Å². The lowest BCUT2D eigenvalue weighted by molar-refractivity contribution is 0.475. The minimum absolute atomic E-state index is 0.205. The van der Waals surface area contributed by atoms with Crippen LogP contribution >= 0.6 is 11.6 Å². The van der Waals surface area contributed by atoms with Crippen LogP contribution in [0.3, 0.4) is 0 Å². The summed E-state index contributed by atoms with van der Waals surface area (Å²) in [7, 11) is -3.33. The summed E-state index contributed by atoms with van der Waals surface area (Å²) in [5, 5.41) is 12.8. The largest absolute Gasteiger partial charge is 0.508 e. The molecule has 21 heavy (non-hydrogen) atoms. The van der Waals surface area contributed by atoms with Gasteiger partial charge in [-0.25, -0.2) is 8.42 Å². The summed E-state index contributed by atoms with van der Waals surface area (Å²) in [4.78, 5) is 0. The molecule has 3 N–H and O–H groups in total. The molecule has 7 heteroatoms. The normalized spacial score (nSPS) is 11.1. The quantitative estimate of drug-likeness (QED) is 0.789. The van der Waals surface area contributed by atoms with Gasteiger partial charge in [-0.3, -0.25) is 4.72 Å². The first kappa shape index (κ1) is 15.5. The third-order valence-electron chi connectivity index (χ3n) is 2.69. The van der Waals surface area contributed by atoms with E-state index in [0.29, 0.717) is 22.9 Å². The molecule has 0 aliphatic carbocycles. The van der Waals surface area contributed by atoms with Crippen LogP contribution in [0, 0.1) is 0 Å². The van der Waals surface area contributed by atoms with Crippen LogP contribution in [0.25, 0.3) is 0 Å². The predicted molar refractivity (Wildman–Crippen MR) is 85.4 cm³/mol. The molecule has 2 aromatic rings. The number of benzene rings is 2. The SMILES string of the molecule is CS(=O)(=O)Nc1ccc(Cl)c(NCc2ccc(O)cc2)c1. The summed E-state index contributed by atoms with van der Waals surface area (Å²) in [6.07, 6.45) is 1.09. The molecule has 0 atom stereocenters. The number of anilines is 2. The third-order valence-corrected chi connectivity index (χ3v) is 3.62. The van der Waals surface area contributed by atoms with Gasteiger partial charge in [0.1, 0.15) is 5.75 Å². The van der Waals surface area contributed by atoms with Crippen molar-refractivity contribution in [2.45, 2.75) is 6.54 Å². The molecule has 112 valence electrons. The lowest BCUT2D eigenvalue weighted by atomic mass is 10.2. The lowest BCUT2D eigenvalue weighted by Crippen LogP contribution is -2.10. The Morgan fingerprint density at radius 2 is 1.81 bits per heavy atom. The first-order valence-electron chi connectivity index (χ1n) is 6.12. The molecule has 2 aromatic carbocycles. The summed E-state index contributed by atoms with van der Waals surface area (Å²) in [5.41, 5.74) is 2.03. The van der Waals surface area contributed by atoms with Crippen LogP contribution in [-0.4, -0.2) is 19.8 Å². The number of phenols is 1. The number of sulfonamides is 1. The van der Waals surface area contributed by atoms with E-state index in [-0.39, 0.29) is 5.75 Å². The van der Waals surface area contributed by atoms with Gasteiger partial charge >= 0.3 is 0 Å². The summed E-state index contributed by atoms with van der Waals surface area (Å²) in [6, 6.07) is 11.6. The fourth-order valence-electron chi connectivity index (χ4n) is 1.75. The highest BCUT2D eigenvalue weighted by Crippen LogP contribution is 2.26. The van der Waals surface area contributed by atoms with E-state index in [1.165, 1.54) is 0 Å². The van der Waals surface area contributed by atoms with Gasteiger partial charge in [0.15, 0.2) is 0 Å². The Morgan fingerprint density at radius 3 is 2.43 bits per heavy atom. The van der Waals surface area contributed by atoms with E-state index < -0.39 is 10.0 Å². The van der Waals surface area contributed by atoms with Crippen LogP contribution < -0.4 is 10.0 Å². The van der Waals surface area contributed by atoms with Crippen molar-refractivity contribution in [2.24, 2.45) is 0 Å². The maximum atomic E-state index is 11.2. The second kappa shape index (κ2) is 6.24. The second-order valence-corrected chi connectivity index (χ2v) is 6.74. The average molecular weight is 327 g/mol. The van der Waals surface area contributed by atoms with Crippen molar-refractivity contribution in [3.05, 3.63) is 53.1 Å². The Bertz CT molecular complexity index is 730. The zero-order valence-corrected chi connectivity index (χ0v) is 12.9. The Kier molecular flexibility index (Phi) is 4.59. The van der Waals surface area contributed by atoms with Gasteiger partial charge in [-0.05, 0) is 35.9 Å². The molecule has 0 bridgehead atoms. The van der Waals surface area contributed by atoms with E-state index >= 15 is 0 Å². The number of aromatic hydroxyl groups is 1. The van der Waals surface area contributed by atoms with Crippen molar-refractivity contribution < 1.29 is 13.5 Å². The molecule has 0 saturated heterocycles. The topological polar surface area (TPSA) is 78.4 Å². The van der Waals surface area contributed by atoms with Crippen molar-refractivity contribution in [1.82, 2.24) is 0 Å². The molecule has 0 fully saturated rings. The second-order valence-electron chi connectivity index (χ2n) is 4.59. The summed E-state index contributed by atoms with van der Waals surface area (Å²) >= 11 is 6.08. The van der Waals surface area contributed by atoms with Gasteiger partial charge < -0.3 is 10.4 Å². The molecular weight excluding hydrogens is 312 g/mol. The highest BCUT2D eigenvalue weighted by molar-refractivity contribution is 7.92. The Hall–Kier alpha value is -1.92. The molecule has 0 unspecified atom stereocenters. The van der Waals surface area contributed by atoms with Gasteiger partial charge in [0, 0.05) is 6.54 Å². The van der Waals surface area contributed by atoms with Crippen LogP contribution in [0.4, 0.5) is 11.4 Å². The maximum Gasteiger partial charge on any atom is 0.229 e. The fraction of sp³-hybridized carbons (Fsp3) is 0.143. The van der Waals surface area contributed by atoms with Crippen LogP contribution in [-0.2, 0) is 16.6 Å². The number of rotatable bonds is 5. The van der Waals surface area contributed by atoms with Crippen LogP contribution in [0.15, 0.2) is 42.5 Å². The molecule has 0 aromatic heterocycles. The van der Waals surface area contributed by atoms with Gasteiger partial charge in [-0.15, -0.1) is 0 Å². The highest BCUT2D eigenvalue weighted by atomic mass is 35.5. The summed E-state index contributed by atoms with van der Waals surface area (Å²) in [5.74, 6) is 0.205. The molecule has 0 aliphatic heterocycles. The highest BCUT2D eigenvalue weighted by Gasteiger charge is 2.06. The van der Waals surface area contributed by atoms with Crippen molar-refractivity contribution in [3.63, 3.8) is 0 Å². The maximum absolute atomic E-state index is 11.2. The Labute approximate surface area is 128 Å². The average Bonchev–Trinajstić information content (AvgIpc) is 2.39. The van der Waals surface area contributed by atoms with Crippen molar-refractivity contribution in [1.29, 1.82) is 0 Å². The van der Waals surface area contributed by atoms with Crippen LogP contribution in [0.5, 0.6) is 5.75 Å². The molecule has 0 spiro atoms. The van der Waals surface area contributed by atoms with Crippen molar-refractivity contribution >= 4 is 33.0 Å². The standard InChI is InChI=1S/C14H15ClN2O3S/c1-21(19,20)17-11-4-7-13(15)14(8-11)16-9-10-2-5-12(18)6-3-10/h2-8,16-18H,9H2,1H3. The summed E-state index contributed by atoms with van der Waals surface area (Å²) < 4.78 is 24.8. The van der Waals surface area contributed by atoms with Crippen LogP contribution in [0.1, 0.15) is 5.56 Å². The van der Waals surface area contributed by atoms with Crippen molar-refractivity contribution in [2.75, 3.05) is 16.3 Å². The van der Waals surface area contributed by atoms with E-state index in [4.69, 9.17) is 11.6 Å². The zero-order chi connectivity index (χ0) is 15.5. The van der Waals surface area contributed by atoms with E-state index in [1.807, 2.05) is 0 Å². The van der Waals surface area contributed by atoms with E-state index in [2.05, 4.69) is 10.0 Å². The van der Waals surface area contributed by atoms with Gasteiger partial charge in [0.2, 0.25) is 10.0 Å². The number of hydrogen-bond acceptors (Lipinski definition) is 4. The first-order valence-corrected chi connectivity index (χ1v) is 8.39. The van der Waals surface area contributed by atoms with Crippen molar-refractivity contribution in [3.8, 4) is 5.75 Å². The summed E-state index contributed by atoms with van der Waals surface area (Å²) in [6.45, 7) is 0.502. The number of hydrogen-bond donors (Lipinski definition) is 3. The van der Waals surface area contributed by atoms with Gasteiger partial charge in [0.25, 0.3) is 0 Å². The third kappa shape index (κ3) is 4.84. The Balaban J connectivity index is 2.12. The molecule has 0 heterocycles. The van der Waals surface area contributed by atoms with Crippen LogP contribution in [0.2, 0.25) is 5.02 Å². The molecule has 0 radical (unpaired) electrons. The van der Waals surface area contributed by atoms with E-state index in [9.17, 15) is 13.5 Å². The molecular formula is C14H15ClN2O3S. The smallest absolute Gasteiger partial charge is 0.229 e. The fourth-order valence-corrected chi connectivity index (χ4v) is 2.49. The van der Waals surface area contributed by atoms with E-state index in [1.54, 1.807) is 42.5 Å². The zero-order valence-electron chi connectivity index (χ0n) is 11.3.